The number of hydrogen-bond acceptors (Lipinski definition) is 2. The number of fused-ring (bicyclic) bond motifs is 1. The van der Waals surface area contributed by atoms with Gasteiger partial charge in [0.25, 0.3) is 0 Å². The Morgan fingerprint density at radius 3 is 2.94 bits per heavy atom. The van der Waals surface area contributed by atoms with Gasteiger partial charge in [-0.25, -0.2) is 4.79 Å². The number of carboxylic acid groups (broad SMARTS) is 1. The number of nitrogens with zero attached hydrogens (tertiary/aromatic N) is 1. The van der Waals surface area contributed by atoms with Gasteiger partial charge in [-0.1, -0.05) is 17.7 Å². The van der Waals surface area contributed by atoms with Gasteiger partial charge in [-0.05, 0) is 24.1 Å². The molecular weight excluding hydrogens is 256 g/mol. The molecule has 6 heteroatoms. The molecule has 0 spiro atoms. The Bertz CT molecular complexity index is 490. The largest absolute Gasteiger partial charge is 0.481 e. The number of benzene rings is 1. The van der Waals surface area contributed by atoms with E-state index >= 15 is 0 Å². The molecule has 0 unspecified atom stereocenters. The summed E-state index contributed by atoms with van der Waals surface area (Å²) in [6, 6.07) is 5.15. The van der Waals surface area contributed by atoms with Crippen molar-refractivity contribution in [2.45, 2.75) is 12.8 Å². The second-order valence-electron chi connectivity index (χ2n) is 4.01. The van der Waals surface area contributed by atoms with Crippen LogP contribution in [0.3, 0.4) is 0 Å². The number of urea groups is 1. The van der Waals surface area contributed by atoms with Crippen molar-refractivity contribution in [2.75, 3.05) is 18.0 Å². The first-order chi connectivity index (χ1) is 8.59. The minimum atomic E-state index is -0.930. The zero-order valence-electron chi connectivity index (χ0n) is 9.65. The highest BCUT2D eigenvalue weighted by Crippen LogP contribution is 2.33. The van der Waals surface area contributed by atoms with Crippen LogP contribution in [0.15, 0.2) is 18.2 Å². The highest BCUT2D eigenvalue weighted by molar-refractivity contribution is 6.32. The lowest BCUT2D eigenvalue weighted by Crippen LogP contribution is -2.39. The van der Waals surface area contributed by atoms with Gasteiger partial charge in [0, 0.05) is 18.1 Å². The van der Waals surface area contributed by atoms with Crippen LogP contribution in [0.2, 0.25) is 5.02 Å². The van der Waals surface area contributed by atoms with Gasteiger partial charge < -0.3 is 10.4 Å². The molecule has 0 aromatic heterocycles. The van der Waals surface area contributed by atoms with Crippen LogP contribution in [0.4, 0.5) is 10.5 Å². The van der Waals surface area contributed by atoms with Crippen molar-refractivity contribution in [3.63, 3.8) is 0 Å². The van der Waals surface area contributed by atoms with Crippen LogP contribution in [0.5, 0.6) is 0 Å². The zero-order chi connectivity index (χ0) is 13.1. The van der Waals surface area contributed by atoms with Crippen LogP contribution in [-0.4, -0.2) is 30.2 Å². The third kappa shape index (κ3) is 2.56. The van der Waals surface area contributed by atoms with Gasteiger partial charge in [-0.15, -0.1) is 0 Å². The van der Waals surface area contributed by atoms with E-state index in [1.165, 1.54) is 0 Å². The first-order valence-corrected chi connectivity index (χ1v) is 6.02. The lowest BCUT2D eigenvalue weighted by Gasteiger charge is -2.17. The van der Waals surface area contributed by atoms with Crippen molar-refractivity contribution in [2.24, 2.45) is 0 Å². The van der Waals surface area contributed by atoms with E-state index in [2.05, 4.69) is 5.32 Å². The van der Waals surface area contributed by atoms with Gasteiger partial charge in [-0.3, -0.25) is 9.69 Å². The third-order valence-electron chi connectivity index (χ3n) is 2.83. The van der Waals surface area contributed by atoms with E-state index in [1.54, 1.807) is 17.0 Å². The maximum atomic E-state index is 11.9. The normalized spacial score (nSPS) is 13.3. The van der Waals surface area contributed by atoms with Gasteiger partial charge in [0.05, 0.1) is 12.1 Å². The molecule has 18 heavy (non-hydrogen) atoms. The summed E-state index contributed by atoms with van der Waals surface area (Å²) < 4.78 is 0. The number of nitrogens with one attached hydrogen (secondary N) is 1. The molecule has 2 amide bonds. The first kappa shape index (κ1) is 12.7. The molecule has 0 fully saturated rings. The molecule has 5 nitrogen and oxygen atoms in total. The van der Waals surface area contributed by atoms with E-state index in [4.69, 9.17) is 16.7 Å². The number of anilines is 1. The fraction of sp³-hybridized carbons (Fsp3) is 0.333. The quantitative estimate of drug-likeness (QED) is 0.879. The number of carbonyl (C=O) groups excluding carboxylic acids is 1. The third-order valence-corrected chi connectivity index (χ3v) is 3.18. The maximum Gasteiger partial charge on any atom is 0.321 e. The number of aliphatic carboxylic acids is 1. The molecule has 0 bridgehead atoms. The zero-order valence-corrected chi connectivity index (χ0v) is 10.4. The molecule has 0 aliphatic carbocycles. The molecule has 1 aliphatic heterocycles. The fourth-order valence-electron chi connectivity index (χ4n) is 1.97. The number of hydrogen-bond donors (Lipinski definition) is 2. The van der Waals surface area contributed by atoms with Gasteiger partial charge in [0.15, 0.2) is 0 Å². The van der Waals surface area contributed by atoms with Crippen molar-refractivity contribution >= 4 is 29.3 Å². The van der Waals surface area contributed by atoms with Gasteiger partial charge in [-0.2, -0.15) is 0 Å². The van der Waals surface area contributed by atoms with E-state index in [9.17, 15) is 9.59 Å². The summed E-state index contributed by atoms with van der Waals surface area (Å²) in [4.78, 5) is 23.8. The Hall–Kier alpha value is -1.75. The van der Waals surface area contributed by atoms with E-state index in [0.29, 0.717) is 11.6 Å². The summed E-state index contributed by atoms with van der Waals surface area (Å²) in [6.07, 6.45) is 0.642. The minimum absolute atomic E-state index is 0.0814. The average Bonchev–Trinajstić information content (AvgIpc) is 2.73. The lowest BCUT2D eigenvalue weighted by atomic mass is 10.2. The fourth-order valence-corrected chi connectivity index (χ4v) is 2.24. The van der Waals surface area contributed by atoms with Crippen LogP contribution in [0.25, 0.3) is 0 Å². The van der Waals surface area contributed by atoms with Crippen molar-refractivity contribution < 1.29 is 14.7 Å². The predicted molar refractivity (Wildman–Crippen MR) is 68.2 cm³/mol. The van der Waals surface area contributed by atoms with Gasteiger partial charge >= 0.3 is 12.0 Å². The molecule has 1 aromatic carbocycles. The maximum absolute atomic E-state index is 11.9. The molecule has 1 heterocycles. The number of carbonyl (C=O) groups is 2. The van der Waals surface area contributed by atoms with E-state index in [1.807, 2.05) is 6.07 Å². The predicted octanol–water partition coefficient (Wildman–Crippen LogP) is 1.89. The number of carboxylic acids is 1. The molecule has 2 rings (SSSR count). The molecule has 0 atom stereocenters. The summed E-state index contributed by atoms with van der Waals surface area (Å²) >= 11 is 6.05. The Labute approximate surface area is 109 Å². The lowest BCUT2D eigenvalue weighted by molar-refractivity contribution is -0.136. The molecule has 1 aromatic rings. The first-order valence-electron chi connectivity index (χ1n) is 5.64. The number of halogens is 1. The molecule has 2 N–H and O–H groups in total. The van der Waals surface area contributed by atoms with E-state index in [0.717, 1.165) is 17.7 Å². The monoisotopic (exact) mass is 268 g/mol. The van der Waals surface area contributed by atoms with Crippen molar-refractivity contribution in [3.05, 3.63) is 28.8 Å². The molecule has 0 saturated carbocycles. The second-order valence-corrected chi connectivity index (χ2v) is 4.42. The van der Waals surface area contributed by atoms with Crippen molar-refractivity contribution in [1.29, 1.82) is 0 Å². The molecule has 1 aliphatic rings. The minimum Gasteiger partial charge on any atom is -0.481 e. The van der Waals surface area contributed by atoms with E-state index in [-0.39, 0.29) is 19.0 Å². The van der Waals surface area contributed by atoms with Gasteiger partial charge in [0.1, 0.15) is 0 Å². The highest BCUT2D eigenvalue weighted by atomic mass is 35.5. The van der Waals surface area contributed by atoms with Crippen molar-refractivity contribution in [3.8, 4) is 0 Å². The topological polar surface area (TPSA) is 69.6 Å². The summed E-state index contributed by atoms with van der Waals surface area (Å²) in [7, 11) is 0. The smallest absolute Gasteiger partial charge is 0.321 e. The molecule has 0 saturated heterocycles. The Balaban J connectivity index is 2.02. The van der Waals surface area contributed by atoms with Crippen molar-refractivity contribution in [1.82, 2.24) is 5.32 Å². The van der Waals surface area contributed by atoms with Crippen LogP contribution in [0, 0.1) is 0 Å². The summed E-state index contributed by atoms with van der Waals surface area (Å²) in [6.45, 7) is 0.693. The highest BCUT2D eigenvalue weighted by Gasteiger charge is 2.25. The molecule has 0 radical (unpaired) electrons. The number of amides is 2. The van der Waals surface area contributed by atoms with Crippen LogP contribution in [0.1, 0.15) is 12.0 Å². The Morgan fingerprint density at radius 2 is 2.22 bits per heavy atom. The van der Waals surface area contributed by atoms with Crippen LogP contribution in [-0.2, 0) is 11.2 Å². The second kappa shape index (κ2) is 5.27. The Morgan fingerprint density at radius 1 is 1.44 bits per heavy atom. The average molecular weight is 269 g/mol. The van der Waals surface area contributed by atoms with Gasteiger partial charge in [0.2, 0.25) is 0 Å². The standard InChI is InChI=1S/C12H13ClN2O3/c13-9-2-1-3-10-8(9)5-7-15(10)12(18)14-6-4-11(16)17/h1-3H,4-7H2,(H,14,18)(H,16,17). The summed E-state index contributed by atoms with van der Waals surface area (Å²) in [5, 5.41) is 11.7. The number of rotatable bonds is 3. The van der Waals surface area contributed by atoms with E-state index < -0.39 is 5.97 Å². The summed E-state index contributed by atoms with van der Waals surface area (Å²) in [5.74, 6) is -0.930. The summed E-state index contributed by atoms with van der Waals surface area (Å²) in [5.41, 5.74) is 1.77. The van der Waals surface area contributed by atoms with Crippen LogP contribution < -0.4 is 10.2 Å². The Kier molecular flexibility index (Phi) is 3.72. The SMILES string of the molecule is O=C(O)CCNC(=O)N1CCc2c(Cl)cccc21. The molecular formula is C12H13ClN2O3. The molecule has 96 valence electrons. The van der Waals surface area contributed by atoms with Crippen LogP contribution >= 0.6 is 11.6 Å².